The molecule has 0 aliphatic rings. The third-order valence-corrected chi connectivity index (χ3v) is 2.43. The van der Waals surface area contributed by atoms with Gasteiger partial charge in [0, 0.05) is 0 Å². The van der Waals surface area contributed by atoms with Crippen molar-refractivity contribution < 1.29 is 54.7 Å². The summed E-state index contributed by atoms with van der Waals surface area (Å²) < 4.78 is 105. The molecule has 6 nitrogen and oxygen atoms in total. The van der Waals surface area contributed by atoms with Crippen molar-refractivity contribution in [1.82, 2.24) is 0 Å². The van der Waals surface area contributed by atoms with Gasteiger partial charge in [-0.15, -0.1) is 0 Å². The van der Waals surface area contributed by atoms with Crippen LogP contribution in [0.15, 0.2) is 0 Å². The van der Waals surface area contributed by atoms with Gasteiger partial charge in [-0.3, -0.25) is 10.1 Å². The van der Waals surface area contributed by atoms with Gasteiger partial charge in [0.05, 0.1) is 4.92 Å². The van der Waals surface area contributed by atoms with Gasteiger partial charge in [-0.1, -0.05) is 0 Å². The standard InChI is InChI=1S/C10H3F8NO5/c11-2-1(9(20)21)5(19(22)23)3(12)4(13)6(2)24-8(15)7(14)10(16,17)18/h7-8H,(H,20,21). The average Bonchev–Trinajstić information content (AvgIpc) is 2.44. The Kier molecular flexibility index (Phi) is 5.20. The third-order valence-electron chi connectivity index (χ3n) is 2.43. The first kappa shape index (κ1) is 19.4. The van der Waals surface area contributed by atoms with E-state index < -0.39 is 64.1 Å². The molecule has 2 atom stereocenters. The van der Waals surface area contributed by atoms with Crippen LogP contribution in [-0.2, 0) is 0 Å². The van der Waals surface area contributed by atoms with E-state index in [-0.39, 0.29) is 0 Å². The molecule has 0 amide bonds. The quantitative estimate of drug-likeness (QED) is 0.372. The normalized spacial score (nSPS) is 14.2. The highest BCUT2D eigenvalue weighted by Gasteiger charge is 2.48. The highest BCUT2D eigenvalue weighted by molar-refractivity contribution is 5.93. The molecule has 0 aromatic heterocycles. The van der Waals surface area contributed by atoms with Crippen molar-refractivity contribution in [2.24, 2.45) is 0 Å². The van der Waals surface area contributed by atoms with Gasteiger partial charge < -0.3 is 9.84 Å². The Morgan fingerprint density at radius 1 is 1.12 bits per heavy atom. The molecule has 0 spiro atoms. The van der Waals surface area contributed by atoms with E-state index in [0.717, 1.165) is 0 Å². The number of aromatic carboxylic acids is 1. The predicted molar refractivity (Wildman–Crippen MR) is 56.4 cm³/mol. The fraction of sp³-hybridized carbons (Fsp3) is 0.300. The molecule has 0 aliphatic heterocycles. The first-order chi connectivity index (χ1) is 10.8. The van der Waals surface area contributed by atoms with Gasteiger partial charge in [-0.2, -0.15) is 26.3 Å². The molecule has 0 aliphatic carbocycles. The number of carboxylic acid groups (broad SMARTS) is 1. The van der Waals surface area contributed by atoms with Gasteiger partial charge in [0.15, 0.2) is 17.1 Å². The Morgan fingerprint density at radius 3 is 2.00 bits per heavy atom. The number of nitro benzene ring substituents is 1. The lowest BCUT2D eigenvalue weighted by molar-refractivity contribution is -0.388. The number of halogens is 8. The lowest BCUT2D eigenvalue weighted by Gasteiger charge is -2.18. The van der Waals surface area contributed by atoms with Gasteiger partial charge in [0.2, 0.25) is 11.6 Å². The second kappa shape index (κ2) is 6.45. The van der Waals surface area contributed by atoms with Gasteiger partial charge in [0.25, 0.3) is 12.5 Å². The highest BCUT2D eigenvalue weighted by atomic mass is 19.4. The number of ether oxygens (including phenoxy) is 1. The van der Waals surface area contributed by atoms with Crippen LogP contribution in [0.3, 0.4) is 0 Å². The maximum absolute atomic E-state index is 13.7. The number of nitro groups is 1. The van der Waals surface area contributed by atoms with E-state index in [9.17, 15) is 50.0 Å². The number of carboxylic acids is 1. The van der Waals surface area contributed by atoms with E-state index in [1.807, 2.05) is 0 Å². The maximum Gasteiger partial charge on any atom is 0.426 e. The molecule has 14 heteroatoms. The number of alkyl halides is 5. The van der Waals surface area contributed by atoms with Crippen LogP contribution in [-0.4, -0.2) is 34.7 Å². The molecule has 0 bridgehead atoms. The molecule has 1 aromatic carbocycles. The van der Waals surface area contributed by atoms with Crippen LogP contribution in [0.2, 0.25) is 0 Å². The molecular formula is C10H3F8NO5. The third kappa shape index (κ3) is 3.46. The lowest BCUT2D eigenvalue weighted by Crippen LogP contribution is -2.37. The summed E-state index contributed by atoms with van der Waals surface area (Å²) in [6, 6.07) is 0. The Labute approximate surface area is 125 Å². The summed E-state index contributed by atoms with van der Waals surface area (Å²) in [5, 5.41) is 19.0. The van der Waals surface area contributed by atoms with Crippen molar-refractivity contribution in [2.45, 2.75) is 18.7 Å². The predicted octanol–water partition coefficient (Wildman–Crippen LogP) is 3.29. The topological polar surface area (TPSA) is 89.7 Å². The Hall–Kier alpha value is -2.67. The van der Waals surface area contributed by atoms with Crippen LogP contribution < -0.4 is 4.74 Å². The number of nitrogens with zero attached hydrogens (tertiary/aromatic N) is 1. The molecule has 0 saturated carbocycles. The van der Waals surface area contributed by atoms with Crippen molar-refractivity contribution in [1.29, 1.82) is 0 Å². The van der Waals surface area contributed by atoms with E-state index in [2.05, 4.69) is 4.74 Å². The molecule has 2 unspecified atom stereocenters. The molecule has 24 heavy (non-hydrogen) atoms. The zero-order chi connectivity index (χ0) is 19.0. The monoisotopic (exact) mass is 369 g/mol. The summed E-state index contributed by atoms with van der Waals surface area (Å²) in [7, 11) is 0. The summed E-state index contributed by atoms with van der Waals surface area (Å²) in [6.45, 7) is 0. The van der Waals surface area contributed by atoms with E-state index in [1.165, 1.54) is 0 Å². The number of rotatable bonds is 5. The summed E-state index contributed by atoms with van der Waals surface area (Å²) >= 11 is 0. The molecule has 1 N–H and O–H groups in total. The van der Waals surface area contributed by atoms with Crippen molar-refractivity contribution in [3.8, 4) is 5.75 Å². The number of hydrogen-bond acceptors (Lipinski definition) is 4. The Morgan fingerprint density at radius 2 is 1.62 bits per heavy atom. The van der Waals surface area contributed by atoms with Crippen LogP contribution in [0.1, 0.15) is 10.4 Å². The van der Waals surface area contributed by atoms with Crippen LogP contribution in [0.5, 0.6) is 5.75 Å². The van der Waals surface area contributed by atoms with Gasteiger partial charge in [-0.05, 0) is 0 Å². The van der Waals surface area contributed by atoms with Crippen molar-refractivity contribution in [3.05, 3.63) is 33.1 Å². The zero-order valence-corrected chi connectivity index (χ0v) is 10.7. The van der Waals surface area contributed by atoms with Crippen molar-refractivity contribution in [2.75, 3.05) is 0 Å². The van der Waals surface area contributed by atoms with Gasteiger partial charge in [0.1, 0.15) is 0 Å². The average molecular weight is 369 g/mol. The second-order valence-electron chi connectivity index (χ2n) is 3.97. The molecule has 134 valence electrons. The molecule has 0 fully saturated rings. The largest absolute Gasteiger partial charge is 0.477 e. The summed E-state index contributed by atoms with van der Waals surface area (Å²) in [5.41, 5.74) is -4.36. The van der Waals surface area contributed by atoms with Crippen LogP contribution in [0.4, 0.5) is 40.8 Å². The first-order valence-corrected chi connectivity index (χ1v) is 5.40. The van der Waals surface area contributed by atoms with E-state index in [4.69, 9.17) is 5.11 Å². The zero-order valence-electron chi connectivity index (χ0n) is 10.7. The van der Waals surface area contributed by atoms with E-state index >= 15 is 0 Å². The SMILES string of the molecule is O=C(O)c1c(F)c(OC(F)C(F)C(F)(F)F)c(F)c(F)c1[N+](=O)[O-]. The minimum atomic E-state index is -5.86. The maximum atomic E-state index is 13.7. The van der Waals surface area contributed by atoms with E-state index in [1.54, 1.807) is 0 Å². The minimum Gasteiger partial charge on any atom is -0.477 e. The summed E-state index contributed by atoms with van der Waals surface area (Å²) in [4.78, 5) is 19.3. The Balaban J connectivity index is 3.51. The number of carbonyl (C=O) groups is 1. The smallest absolute Gasteiger partial charge is 0.426 e. The van der Waals surface area contributed by atoms with Crippen molar-refractivity contribution in [3.63, 3.8) is 0 Å². The number of hydrogen-bond donors (Lipinski definition) is 1. The molecule has 0 saturated heterocycles. The van der Waals surface area contributed by atoms with Gasteiger partial charge in [-0.25, -0.2) is 13.6 Å². The fourth-order valence-corrected chi connectivity index (χ4v) is 1.42. The van der Waals surface area contributed by atoms with Gasteiger partial charge >= 0.3 is 17.8 Å². The fourth-order valence-electron chi connectivity index (χ4n) is 1.42. The van der Waals surface area contributed by atoms with Crippen LogP contribution in [0, 0.1) is 27.6 Å². The second-order valence-corrected chi connectivity index (χ2v) is 3.97. The lowest BCUT2D eigenvalue weighted by atomic mass is 10.1. The highest BCUT2D eigenvalue weighted by Crippen LogP contribution is 2.37. The molecule has 0 heterocycles. The van der Waals surface area contributed by atoms with E-state index in [0.29, 0.717) is 0 Å². The molecule has 1 aromatic rings. The Bertz CT molecular complexity index is 691. The van der Waals surface area contributed by atoms with Crippen LogP contribution in [0.25, 0.3) is 0 Å². The number of benzene rings is 1. The first-order valence-electron chi connectivity index (χ1n) is 5.40. The van der Waals surface area contributed by atoms with Crippen molar-refractivity contribution >= 4 is 11.7 Å². The summed E-state index contributed by atoms with van der Waals surface area (Å²) in [6.07, 6.45) is -14.4. The molecule has 1 rings (SSSR count). The molecular weight excluding hydrogens is 366 g/mol. The molecule has 0 radical (unpaired) electrons. The minimum absolute atomic E-state index is 1.84. The van der Waals surface area contributed by atoms with Crippen LogP contribution >= 0.6 is 0 Å². The summed E-state index contributed by atoms with van der Waals surface area (Å²) in [5.74, 6) is -12.9.